The Labute approximate surface area is 203 Å². The largest absolute Gasteiger partial charge is 0.396 e. The van der Waals surface area contributed by atoms with Crippen LogP contribution in [0.5, 0.6) is 0 Å². The number of benzene rings is 1. The van der Waals surface area contributed by atoms with E-state index in [0.717, 1.165) is 13.1 Å². The molecule has 3 aliphatic heterocycles. The quantitative estimate of drug-likeness (QED) is 0.677. The number of nitrogens with one attached hydrogen (secondary N) is 1. The fourth-order valence-electron chi connectivity index (χ4n) is 6.39. The maximum Gasteiger partial charge on any atom is 0.396 e. The van der Waals surface area contributed by atoms with Crippen LogP contribution in [-0.2, 0) is 0 Å². The highest BCUT2D eigenvalue weighted by Gasteiger charge is 2.57. The molecule has 4 heterocycles. The number of aryl methyl sites for hydroxylation is 2. The number of amides is 1. The molecule has 0 bridgehead atoms. The average Bonchev–Trinajstić information content (AvgIpc) is 3.34. The number of halogens is 3. The molecule has 3 unspecified atom stereocenters. The standard InChI is InChI=1S/C26H32F3N5O/c1-17-22(18(2)32-16-31-17)24(35)34-12-20-10-33(11-21(20)13-34)9-8-25(14-30-15-25)23(26(27,28)29)19-6-4-3-5-7-19/h3-7,16,20-21,23,30H,8-15H2,1-2H3. The first kappa shape index (κ1) is 24.2. The molecule has 0 radical (unpaired) electrons. The zero-order valence-electron chi connectivity index (χ0n) is 20.2. The Morgan fingerprint density at radius 3 is 2.17 bits per heavy atom. The van der Waals surface area contributed by atoms with Crippen LogP contribution in [0.1, 0.15) is 39.6 Å². The summed E-state index contributed by atoms with van der Waals surface area (Å²) in [5, 5.41) is 3.11. The van der Waals surface area contributed by atoms with Gasteiger partial charge in [-0.25, -0.2) is 9.97 Å². The maximum atomic E-state index is 14.2. The third-order valence-electron chi connectivity index (χ3n) is 8.24. The van der Waals surface area contributed by atoms with E-state index in [1.54, 1.807) is 30.3 Å². The molecule has 0 aliphatic carbocycles. The minimum absolute atomic E-state index is 0.0167. The number of hydrogen-bond acceptors (Lipinski definition) is 5. The summed E-state index contributed by atoms with van der Waals surface area (Å²) in [6, 6.07) is 8.34. The van der Waals surface area contributed by atoms with Gasteiger partial charge in [-0.2, -0.15) is 13.2 Å². The van der Waals surface area contributed by atoms with Gasteiger partial charge in [-0.1, -0.05) is 30.3 Å². The van der Waals surface area contributed by atoms with E-state index in [1.807, 2.05) is 18.7 Å². The SMILES string of the molecule is Cc1ncnc(C)c1C(=O)N1CC2CN(CCC3(C(c4ccccc4)C(F)(F)F)CNC3)CC2C1. The molecule has 6 nitrogen and oxygen atoms in total. The van der Waals surface area contributed by atoms with Gasteiger partial charge in [-0.3, -0.25) is 4.79 Å². The van der Waals surface area contributed by atoms with E-state index in [-0.39, 0.29) is 5.91 Å². The Hall–Kier alpha value is -2.52. The van der Waals surface area contributed by atoms with Crippen LogP contribution >= 0.6 is 0 Å². The molecule has 35 heavy (non-hydrogen) atoms. The molecule has 3 saturated heterocycles. The number of aromatic nitrogens is 2. The van der Waals surface area contributed by atoms with Gasteiger partial charge in [0.15, 0.2) is 0 Å². The summed E-state index contributed by atoms with van der Waals surface area (Å²) in [6.45, 7) is 8.06. The normalized spacial score (nSPS) is 24.8. The average molecular weight is 488 g/mol. The van der Waals surface area contributed by atoms with Gasteiger partial charge in [0, 0.05) is 44.7 Å². The number of hydrogen-bond donors (Lipinski definition) is 1. The number of rotatable bonds is 6. The van der Waals surface area contributed by atoms with Gasteiger partial charge < -0.3 is 15.1 Å². The van der Waals surface area contributed by atoms with Gasteiger partial charge in [-0.05, 0) is 44.2 Å². The van der Waals surface area contributed by atoms with Gasteiger partial charge in [0.2, 0.25) is 0 Å². The molecule has 2 aromatic rings. The molecular formula is C26H32F3N5O. The van der Waals surface area contributed by atoms with Crippen molar-refractivity contribution in [2.45, 2.75) is 32.4 Å². The highest BCUT2D eigenvalue weighted by molar-refractivity contribution is 5.96. The molecule has 188 valence electrons. The zero-order chi connectivity index (χ0) is 24.8. The molecule has 3 atom stereocenters. The fraction of sp³-hybridized carbons (Fsp3) is 0.577. The van der Waals surface area contributed by atoms with Crippen LogP contribution in [0.15, 0.2) is 36.7 Å². The molecule has 1 amide bonds. The molecule has 0 spiro atoms. The molecule has 9 heteroatoms. The van der Waals surface area contributed by atoms with Crippen LogP contribution in [0.4, 0.5) is 13.2 Å². The summed E-state index contributed by atoms with van der Waals surface area (Å²) < 4.78 is 42.7. The van der Waals surface area contributed by atoms with Crippen molar-refractivity contribution in [1.29, 1.82) is 0 Å². The first-order valence-electron chi connectivity index (χ1n) is 12.3. The summed E-state index contributed by atoms with van der Waals surface area (Å²) in [5.74, 6) is -0.774. The van der Waals surface area contributed by atoms with Gasteiger partial charge in [0.05, 0.1) is 22.9 Å². The molecule has 5 rings (SSSR count). The van der Waals surface area contributed by atoms with Crippen molar-refractivity contribution in [2.24, 2.45) is 17.3 Å². The number of likely N-dealkylation sites (tertiary alicyclic amines) is 2. The van der Waals surface area contributed by atoms with Crippen molar-refractivity contribution < 1.29 is 18.0 Å². The van der Waals surface area contributed by atoms with Crippen LogP contribution in [0.3, 0.4) is 0 Å². The molecule has 1 N–H and O–H groups in total. The smallest absolute Gasteiger partial charge is 0.338 e. The van der Waals surface area contributed by atoms with E-state index < -0.39 is 17.5 Å². The van der Waals surface area contributed by atoms with Crippen molar-refractivity contribution in [1.82, 2.24) is 25.1 Å². The predicted molar refractivity (Wildman–Crippen MR) is 126 cm³/mol. The zero-order valence-corrected chi connectivity index (χ0v) is 20.2. The topological polar surface area (TPSA) is 61.4 Å². The number of carbonyl (C=O) groups is 1. The van der Waals surface area contributed by atoms with Crippen LogP contribution in [0.2, 0.25) is 0 Å². The summed E-state index contributed by atoms with van der Waals surface area (Å²) in [7, 11) is 0. The Morgan fingerprint density at radius 2 is 1.66 bits per heavy atom. The van der Waals surface area contributed by atoms with E-state index in [2.05, 4.69) is 20.2 Å². The highest BCUT2D eigenvalue weighted by Crippen LogP contribution is 2.51. The summed E-state index contributed by atoms with van der Waals surface area (Å²) in [4.78, 5) is 25.7. The number of alkyl halides is 3. The minimum Gasteiger partial charge on any atom is -0.338 e. The first-order chi connectivity index (χ1) is 16.7. The molecule has 3 fully saturated rings. The van der Waals surface area contributed by atoms with E-state index in [9.17, 15) is 18.0 Å². The molecular weight excluding hydrogens is 455 g/mol. The number of fused-ring (bicyclic) bond motifs is 1. The fourth-order valence-corrected chi connectivity index (χ4v) is 6.39. The Balaban J connectivity index is 1.22. The lowest BCUT2D eigenvalue weighted by Crippen LogP contribution is -2.60. The van der Waals surface area contributed by atoms with Crippen molar-refractivity contribution in [3.8, 4) is 0 Å². The van der Waals surface area contributed by atoms with Crippen LogP contribution in [-0.4, -0.2) is 77.7 Å². The van der Waals surface area contributed by atoms with Crippen LogP contribution in [0, 0.1) is 31.1 Å². The van der Waals surface area contributed by atoms with E-state index in [4.69, 9.17) is 0 Å². The highest BCUT2D eigenvalue weighted by atomic mass is 19.4. The number of nitrogens with zero attached hydrogens (tertiary/aromatic N) is 4. The van der Waals surface area contributed by atoms with Gasteiger partial charge in [0.1, 0.15) is 6.33 Å². The molecule has 3 aliphatic rings. The second-order valence-electron chi connectivity index (χ2n) is 10.5. The van der Waals surface area contributed by atoms with Crippen molar-refractivity contribution >= 4 is 5.91 Å². The lowest BCUT2D eigenvalue weighted by Gasteiger charge is -2.49. The number of carbonyl (C=O) groups excluding carboxylic acids is 1. The van der Waals surface area contributed by atoms with Crippen LogP contribution < -0.4 is 5.32 Å². The second-order valence-corrected chi connectivity index (χ2v) is 10.5. The van der Waals surface area contributed by atoms with E-state index in [1.165, 1.54) is 6.33 Å². The lowest BCUT2D eigenvalue weighted by molar-refractivity contribution is -0.187. The summed E-state index contributed by atoms with van der Waals surface area (Å²) in [5.41, 5.74) is 1.51. The van der Waals surface area contributed by atoms with Crippen molar-refractivity contribution in [2.75, 3.05) is 45.8 Å². The van der Waals surface area contributed by atoms with Crippen molar-refractivity contribution in [3.63, 3.8) is 0 Å². The molecule has 1 aromatic carbocycles. The Bertz CT molecular complexity index is 1040. The van der Waals surface area contributed by atoms with Crippen molar-refractivity contribution in [3.05, 3.63) is 59.2 Å². The monoisotopic (exact) mass is 487 g/mol. The van der Waals surface area contributed by atoms with Crippen LogP contribution in [0.25, 0.3) is 0 Å². The van der Waals surface area contributed by atoms with Gasteiger partial charge in [-0.15, -0.1) is 0 Å². The molecule has 0 saturated carbocycles. The second kappa shape index (κ2) is 9.17. The first-order valence-corrected chi connectivity index (χ1v) is 12.3. The Morgan fingerprint density at radius 1 is 1.06 bits per heavy atom. The lowest BCUT2D eigenvalue weighted by atomic mass is 9.65. The third kappa shape index (κ3) is 4.56. The Kier molecular flexibility index (Phi) is 6.34. The summed E-state index contributed by atoms with van der Waals surface area (Å²) >= 11 is 0. The molecule has 1 aromatic heterocycles. The minimum atomic E-state index is -4.29. The van der Waals surface area contributed by atoms with E-state index in [0.29, 0.717) is 73.5 Å². The predicted octanol–water partition coefficient (Wildman–Crippen LogP) is 3.42. The van der Waals surface area contributed by atoms with Gasteiger partial charge >= 0.3 is 6.18 Å². The van der Waals surface area contributed by atoms with Gasteiger partial charge in [0.25, 0.3) is 5.91 Å². The van der Waals surface area contributed by atoms with E-state index >= 15 is 0 Å². The maximum absolute atomic E-state index is 14.2. The third-order valence-corrected chi connectivity index (χ3v) is 8.24. The summed E-state index contributed by atoms with van der Waals surface area (Å²) in [6.07, 6.45) is -2.31.